The lowest BCUT2D eigenvalue weighted by Crippen LogP contribution is -2.27. The van der Waals surface area contributed by atoms with Crippen LogP contribution in [0.3, 0.4) is 0 Å². The lowest BCUT2D eigenvalue weighted by atomic mass is 10.3. The van der Waals surface area contributed by atoms with Gasteiger partial charge in [-0.15, -0.1) is 28.7 Å². The van der Waals surface area contributed by atoms with Gasteiger partial charge in [0.2, 0.25) is 0 Å². The Balaban J connectivity index is 0.00000112. The summed E-state index contributed by atoms with van der Waals surface area (Å²) >= 11 is 1.75. The number of thioether (sulfide) groups is 1. The number of carbonyl (C=O) groups is 1. The normalized spacial score (nSPS) is 13.0. The van der Waals surface area contributed by atoms with Crippen molar-refractivity contribution < 1.29 is 9.53 Å². The topological polar surface area (TPSA) is 29.5 Å². The standard InChI is InChI=1S/C10H11NO2S.BrH/c1-13-10(12)6-11-7-14-9-5-3-2-4-8(9)11;/h2-5H,6-7H2,1H3;1H. The number of methoxy groups -OCH3 is 1. The van der Waals surface area contributed by atoms with Gasteiger partial charge >= 0.3 is 5.97 Å². The van der Waals surface area contributed by atoms with Crippen LogP contribution in [-0.2, 0) is 9.53 Å². The molecular formula is C10H12BrNO2S. The van der Waals surface area contributed by atoms with E-state index in [2.05, 4.69) is 10.8 Å². The molecule has 1 heterocycles. The summed E-state index contributed by atoms with van der Waals surface area (Å²) in [5.41, 5.74) is 1.13. The van der Waals surface area contributed by atoms with E-state index < -0.39 is 0 Å². The average Bonchev–Trinajstić information content (AvgIpc) is 2.62. The van der Waals surface area contributed by atoms with Crippen molar-refractivity contribution in [2.24, 2.45) is 0 Å². The Hall–Kier alpha value is -0.680. The molecule has 0 spiro atoms. The van der Waals surface area contributed by atoms with Gasteiger partial charge in [-0.25, -0.2) is 0 Å². The molecule has 0 saturated heterocycles. The molecule has 0 N–H and O–H groups in total. The molecule has 0 radical (unpaired) electrons. The first-order chi connectivity index (χ1) is 6.81. The van der Waals surface area contributed by atoms with Crippen LogP contribution in [0.5, 0.6) is 0 Å². The van der Waals surface area contributed by atoms with Gasteiger partial charge in [0, 0.05) is 4.90 Å². The molecule has 1 aromatic carbocycles. The summed E-state index contributed by atoms with van der Waals surface area (Å²) in [5, 5.41) is 0. The van der Waals surface area contributed by atoms with Gasteiger partial charge in [0.25, 0.3) is 0 Å². The predicted molar refractivity (Wildman–Crippen MR) is 66.9 cm³/mol. The highest BCUT2D eigenvalue weighted by Crippen LogP contribution is 2.37. The van der Waals surface area contributed by atoms with Crippen molar-refractivity contribution in [2.75, 3.05) is 24.4 Å². The molecule has 3 nitrogen and oxygen atoms in total. The van der Waals surface area contributed by atoms with Gasteiger partial charge in [-0.3, -0.25) is 4.79 Å². The number of hydrogen-bond acceptors (Lipinski definition) is 4. The molecule has 0 aromatic heterocycles. The van der Waals surface area contributed by atoms with Crippen LogP contribution in [0.2, 0.25) is 0 Å². The van der Waals surface area contributed by atoms with Crippen LogP contribution < -0.4 is 4.90 Å². The average molecular weight is 290 g/mol. The van der Waals surface area contributed by atoms with Crippen LogP contribution in [0.1, 0.15) is 0 Å². The Bertz CT molecular complexity index is 359. The highest BCUT2D eigenvalue weighted by atomic mass is 79.9. The number of anilines is 1. The SMILES string of the molecule is Br.COC(=O)CN1CSc2ccccc21. The van der Waals surface area contributed by atoms with Crippen LogP contribution in [-0.4, -0.2) is 25.5 Å². The number of hydrogen-bond donors (Lipinski definition) is 0. The molecule has 0 fully saturated rings. The summed E-state index contributed by atoms with van der Waals surface area (Å²) in [4.78, 5) is 14.4. The maximum Gasteiger partial charge on any atom is 0.325 e. The van der Waals surface area contributed by atoms with Crippen molar-refractivity contribution in [1.29, 1.82) is 0 Å². The monoisotopic (exact) mass is 289 g/mol. The fourth-order valence-electron chi connectivity index (χ4n) is 1.41. The molecule has 0 saturated carbocycles. The second-order valence-electron chi connectivity index (χ2n) is 3.02. The minimum Gasteiger partial charge on any atom is -0.468 e. The predicted octanol–water partition coefficient (Wildman–Crippen LogP) is 2.31. The quantitative estimate of drug-likeness (QED) is 0.782. The summed E-state index contributed by atoms with van der Waals surface area (Å²) in [6.07, 6.45) is 0. The number of para-hydroxylation sites is 1. The van der Waals surface area contributed by atoms with E-state index in [1.165, 1.54) is 12.0 Å². The molecule has 0 amide bonds. The van der Waals surface area contributed by atoms with Crippen LogP contribution >= 0.6 is 28.7 Å². The summed E-state index contributed by atoms with van der Waals surface area (Å²) in [5.74, 6) is 0.636. The molecule has 1 aromatic rings. The van der Waals surface area contributed by atoms with Gasteiger partial charge in [0.1, 0.15) is 6.54 Å². The number of halogens is 1. The van der Waals surface area contributed by atoms with Crippen molar-refractivity contribution in [3.8, 4) is 0 Å². The lowest BCUT2D eigenvalue weighted by Gasteiger charge is -2.16. The third-order valence-electron chi connectivity index (χ3n) is 2.13. The summed E-state index contributed by atoms with van der Waals surface area (Å²) in [6, 6.07) is 8.08. The van der Waals surface area contributed by atoms with E-state index >= 15 is 0 Å². The van der Waals surface area contributed by atoms with Gasteiger partial charge in [-0.1, -0.05) is 12.1 Å². The zero-order chi connectivity index (χ0) is 9.97. The van der Waals surface area contributed by atoms with Crippen molar-refractivity contribution >= 4 is 40.4 Å². The van der Waals surface area contributed by atoms with Crippen LogP contribution in [0.15, 0.2) is 29.2 Å². The fraction of sp³-hybridized carbons (Fsp3) is 0.300. The minimum absolute atomic E-state index is 0. The van der Waals surface area contributed by atoms with Crippen molar-refractivity contribution in [1.82, 2.24) is 0 Å². The highest BCUT2D eigenvalue weighted by molar-refractivity contribution is 8.93. The lowest BCUT2D eigenvalue weighted by molar-refractivity contribution is -0.138. The van der Waals surface area contributed by atoms with Crippen LogP contribution in [0.4, 0.5) is 5.69 Å². The van der Waals surface area contributed by atoms with Crippen LogP contribution in [0.25, 0.3) is 0 Å². The smallest absolute Gasteiger partial charge is 0.325 e. The number of esters is 1. The van der Waals surface area contributed by atoms with E-state index in [0.29, 0.717) is 6.54 Å². The number of benzene rings is 1. The maximum absolute atomic E-state index is 11.1. The third kappa shape index (κ3) is 2.66. The number of fused-ring (bicyclic) bond motifs is 1. The largest absolute Gasteiger partial charge is 0.468 e. The van der Waals surface area contributed by atoms with Crippen molar-refractivity contribution in [3.05, 3.63) is 24.3 Å². The molecule has 1 aliphatic heterocycles. The minimum atomic E-state index is -0.192. The summed E-state index contributed by atoms with van der Waals surface area (Å²) in [6.45, 7) is 0.334. The third-order valence-corrected chi connectivity index (χ3v) is 3.23. The molecule has 0 atom stereocenters. The number of nitrogens with zero attached hydrogens (tertiary/aromatic N) is 1. The van der Waals surface area contributed by atoms with Crippen molar-refractivity contribution in [2.45, 2.75) is 4.90 Å². The number of ether oxygens (including phenoxy) is 1. The Morgan fingerprint density at radius 3 is 3.00 bits per heavy atom. The van der Waals surface area contributed by atoms with Gasteiger partial charge in [-0.05, 0) is 12.1 Å². The van der Waals surface area contributed by atoms with E-state index in [1.807, 2.05) is 23.1 Å². The number of carbonyl (C=O) groups excluding carboxylic acids is 1. The van der Waals surface area contributed by atoms with Gasteiger partial charge in [0.05, 0.1) is 18.7 Å². The van der Waals surface area contributed by atoms with E-state index in [4.69, 9.17) is 0 Å². The molecule has 0 aliphatic carbocycles. The van der Waals surface area contributed by atoms with E-state index in [-0.39, 0.29) is 23.0 Å². The second kappa shape index (κ2) is 5.42. The Kier molecular flexibility index (Phi) is 4.47. The van der Waals surface area contributed by atoms with Gasteiger partial charge in [0.15, 0.2) is 0 Å². The zero-order valence-corrected chi connectivity index (χ0v) is 10.8. The maximum atomic E-state index is 11.1. The number of rotatable bonds is 2. The highest BCUT2D eigenvalue weighted by Gasteiger charge is 2.20. The zero-order valence-electron chi connectivity index (χ0n) is 8.30. The molecule has 2 rings (SSSR count). The Labute approximate surface area is 104 Å². The second-order valence-corrected chi connectivity index (χ2v) is 4.00. The molecule has 0 unspecified atom stereocenters. The van der Waals surface area contributed by atoms with Gasteiger partial charge in [-0.2, -0.15) is 0 Å². The molecule has 5 heteroatoms. The first-order valence-corrected chi connectivity index (χ1v) is 5.33. The molecule has 1 aliphatic rings. The molecule has 15 heavy (non-hydrogen) atoms. The first-order valence-electron chi connectivity index (χ1n) is 4.35. The van der Waals surface area contributed by atoms with E-state index in [9.17, 15) is 4.79 Å². The van der Waals surface area contributed by atoms with E-state index in [1.54, 1.807) is 11.8 Å². The Morgan fingerprint density at radius 2 is 2.27 bits per heavy atom. The molecular weight excluding hydrogens is 278 g/mol. The summed E-state index contributed by atoms with van der Waals surface area (Å²) in [7, 11) is 1.41. The first kappa shape index (κ1) is 12.4. The summed E-state index contributed by atoms with van der Waals surface area (Å²) < 4.78 is 4.64. The molecule has 82 valence electrons. The van der Waals surface area contributed by atoms with E-state index in [0.717, 1.165) is 11.6 Å². The van der Waals surface area contributed by atoms with Crippen molar-refractivity contribution in [3.63, 3.8) is 0 Å². The molecule has 0 bridgehead atoms. The van der Waals surface area contributed by atoms with Crippen LogP contribution in [0, 0.1) is 0 Å². The fourth-order valence-corrected chi connectivity index (χ4v) is 2.45. The van der Waals surface area contributed by atoms with Gasteiger partial charge < -0.3 is 9.64 Å². The Morgan fingerprint density at radius 1 is 1.53 bits per heavy atom.